The third-order valence-corrected chi connectivity index (χ3v) is 2.07. The van der Waals surface area contributed by atoms with Crippen LogP contribution in [-0.4, -0.2) is 31.1 Å². The molecule has 2 N–H and O–H groups in total. The van der Waals surface area contributed by atoms with Crippen molar-refractivity contribution in [3.63, 3.8) is 0 Å². The number of hydrogen-bond donors (Lipinski definition) is 2. The lowest BCUT2D eigenvalue weighted by molar-refractivity contribution is -0.120. The highest BCUT2D eigenvalue weighted by Crippen LogP contribution is 2.07. The van der Waals surface area contributed by atoms with Crippen molar-refractivity contribution in [1.82, 2.24) is 15.6 Å². The van der Waals surface area contributed by atoms with E-state index in [4.69, 9.17) is 4.74 Å². The van der Waals surface area contributed by atoms with E-state index in [-0.39, 0.29) is 12.5 Å². The number of nitrogens with one attached hydrogen (secondary N) is 2. The van der Waals surface area contributed by atoms with E-state index in [1.165, 1.54) is 0 Å². The van der Waals surface area contributed by atoms with Gasteiger partial charge in [0.15, 0.2) is 0 Å². The maximum Gasteiger partial charge on any atom is 0.234 e. The summed E-state index contributed by atoms with van der Waals surface area (Å²) >= 11 is 0. The largest absolute Gasteiger partial charge is 0.481 e. The molecule has 0 aliphatic heterocycles. The average Bonchev–Trinajstić information content (AvgIpc) is 2.37. The maximum absolute atomic E-state index is 11.4. The second kappa shape index (κ2) is 7.40. The summed E-state index contributed by atoms with van der Waals surface area (Å²) in [6.45, 7) is 4.93. The van der Waals surface area contributed by atoms with Gasteiger partial charge in [0.2, 0.25) is 11.8 Å². The predicted octanol–water partition coefficient (Wildman–Crippen LogP) is 0.482. The monoisotopic (exact) mass is 235 g/mol. The Kier molecular flexibility index (Phi) is 5.74. The topological polar surface area (TPSA) is 63.2 Å². The zero-order valence-electron chi connectivity index (χ0n) is 9.90. The van der Waals surface area contributed by atoms with E-state index in [1.807, 2.05) is 6.07 Å². The minimum absolute atomic E-state index is 0.0531. The summed E-state index contributed by atoms with van der Waals surface area (Å²) in [5.74, 6) is 0.490. The fourth-order valence-corrected chi connectivity index (χ4v) is 1.22. The van der Waals surface area contributed by atoms with E-state index < -0.39 is 0 Å². The molecule has 0 spiro atoms. The molecule has 1 heterocycles. The Morgan fingerprint density at radius 3 is 3.18 bits per heavy atom. The van der Waals surface area contributed by atoms with Gasteiger partial charge in [-0.2, -0.15) is 0 Å². The molecule has 0 saturated heterocycles. The van der Waals surface area contributed by atoms with E-state index in [0.29, 0.717) is 19.0 Å². The van der Waals surface area contributed by atoms with Crippen LogP contribution in [0.15, 0.2) is 31.0 Å². The number of aromatic nitrogens is 1. The van der Waals surface area contributed by atoms with Crippen molar-refractivity contribution in [2.24, 2.45) is 0 Å². The Hall–Kier alpha value is -1.88. The number of nitrogens with zero attached hydrogens (tertiary/aromatic N) is 1. The third kappa shape index (κ3) is 5.12. The zero-order chi connectivity index (χ0) is 12.5. The average molecular weight is 235 g/mol. The molecule has 0 fully saturated rings. The standard InChI is InChI=1S/C12H17N3O2/c1-3-5-13-9-11(16)15-8-10-4-6-14-12(7-10)17-2/h3-4,6-7,13H,1,5,8-9H2,2H3,(H,15,16). The summed E-state index contributed by atoms with van der Waals surface area (Å²) in [4.78, 5) is 15.4. The van der Waals surface area contributed by atoms with Crippen LogP contribution in [0.1, 0.15) is 5.56 Å². The van der Waals surface area contributed by atoms with Crippen LogP contribution in [0.3, 0.4) is 0 Å². The van der Waals surface area contributed by atoms with Gasteiger partial charge in [0.25, 0.3) is 0 Å². The Morgan fingerprint density at radius 2 is 2.47 bits per heavy atom. The van der Waals surface area contributed by atoms with Crippen molar-refractivity contribution >= 4 is 5.91 Å². The SMILES string of the molecule is C=CCNCC(=O)NCc1ccnc(OC)c1. The van der Waals surface area contributed by atoms with Crippen LogP contribution >= 0.6 is 0 Å². The van der Waals surface area contributed by atoms with Crippen molar-refractivity contribution in [3.05, 3.63) is 36.5 Å². The first-order valence-corrected chi connectivity index (χ1v) is 5.33. The van der Waals surface area contributed by atoms with Gasteiger partial charge in [-0.1, -0.05) is 6.08 Å². The second-order valence-corrected chi connectivity index (χ2v) is 3.40. The molecule has 1 aromatic heterocycles. The molecule has 0 saturated carbocycles. The van der Waals surface area contributed by atoms with E-state index in [1.54, 1.807) is 25.4 Å². The summed E-state index contributed by atoms with van der Waals surface area (Å²) in [5.41, 5.74) is 0.953. The summed E-state index contributed by atoms with van der Waals surface area (Å²) in [5, 5.41) is 5.72. The number of amides is 1. The first-order chi connectivity index (χ1) is 8.26. The minimum atomic E-state index is -0.0531. The molecule has 1 aromatic rings. The molecule has 5 nitrogen and oxygen atoms in total. The van der Waals surface area contributed by atoms with Crippen molar-refractivity contribution in [2.75, 3.05) is 20.2 Å². The molecule has 5 heteroatoms. The highest BCUT2D eigenvalue weighted by atomic mass is 16.5. The summed E-state index contributed by atoms with van der Waals surface area (Å²) in [6.07, 6.45) is 3.36. The Bertz CT molecular complexity index is 380. The zero-order valence-corrected chi connectivity index (χ0v) is 9.90. The maximum atomic E-state index is 11.4. The lowest BCUT2D eigenvalue weighted by Crippen LogP contribution is -2.33. The molecular formula is C12H17N3O2. The first-order valence-electron chi connectivity index (χ1n) is 5.33. The molecule has 0 atom stereocenters. The van der Waals surface area contributed by atoms with Gasteiger partial charge in [-0.15, -0.1) is 6.58 Å². The van der Waals surface area contributed by atoms with Gasteiger partial charge in [0.1, 0.15) is 0 Å². The summed E-state index contributed by atoms with van der Waals surface area (Å²) < 4.78 is 4.99. The van der Waals surface area contributed by atoms with Gasteiger partial charge < -0.3 is 15.4 Å². The summed E-state index contributed by atoms with van der Waals surface area (Å²) in [6, 6.07) is 3.62. The van der Waals surface area contributed by atoms with Crippen LogP contribution in [0.25, 0.3) is 0 Å². The van der Waals surface area contributed by atoms with Gasteiger partial charge >= 0.3 is 0 Å². The smallest absolute Gasteiger partial charge is 0.234 e. The molecule has 0 radical (unpaired) electrons. The number of methoxy groups -OCH3 is 1. The molecule has 1 rings (SSSR count). The molecule has 0 aromatic carbocycles. The molecule has 92 valence electrons. The minimum Gasteiger partial charge on any atom is -0.481 e. The van der Waals surface area contributed by atoms with Crippen molar-refractivity contribution in [3.8, 4) is 5.88 Å². The summed E-state index contributed by atoms with van der Waals surface area (Å²) in [7, 11) is 1.56. The molecule has 17 heavy (non-hydrogen) atoms. The lowest BCUT2D eigenvalue weighted by Gasteiger charge is -2.06. The Morgan fingerprint density at radius 1 is 1.65 bits per heavy atom. The van der Waals surface area contributed by atoms with Crippen LogP contribution in [0.2, 0.25) is 0 Å². The Labute approximate surface area is 101 Å². The fourth-order valence-electron chi connectivity index (χ4n) is 1.22. The van der Waals surface area contributed by atoms with Gasteiger partial charge in [-0.25, -0.2) is 4.98 Å². The van der Waals surface area contributed by atoms with E-state index in [0.717, 1.165) is 5.56 Å². The molecule has 0 aliphatic carbocycles. The number of pyridine rings is 1. The number of ether oxygens (including phenoxy) is 1. The van der Waals surface area contributed by atoms with Crippen LogP contribution < -0.4 is 15.4 Å². The Balaban J connectivity index is 2.33. The normalized spacial score (nSPS) is 9.71. The molecule has 0 unspecified atom stereocenters. The second-order valence-electron chi connectivity index (χ2n) is 3.40. The highest BCUT2D eigenvalue weighted by Gasteiger charge is 2.01. The third-order valence-electron chi connectivity index (χ3n) is 2.07. The van der Waals surface area contributed by atoms with Crippen molar-refractivity contribution < 1.29 is 9.53 Å². The number of hydrogen-bond acceptors (Lipinski definition) is 4. The fraction of sp³-hybridized carbons (Fsp3) is 0.333. The predicted molar refractivity (Wildman–Crippen MR) is 65.7 cm³/mol. The number of carbonyl (C=O) groups excluding carboxylic acids is 1. The van der Waals surface area contributed by atoms with E-state index in [2.05, 4.69) is 22.2 Å². The van der Waals surface area contributed by atoms with Gasteiger partial charge in [0, 0.05) is 25.4 Å². The lowest BCUT2D eigenvalue weighted by atomic mass is 10.2. The molecular weight excluding hydrogens is 218 g/mol. The van der Waals surface area contributed by atoms with Crippen LogP contribution in [0, 0.1) is 0 Å². The quantitative estimate of drug-likeness (QED) is 0.533. The molecule has 0 aliphatic rings. The van der Waals surface area contributed by atoms with E-state index in [9.17, 15) is 4.79 Å². The van der Waals surface area contributed by atoms with Gasteiger partial charge in [-0.3, -0.25) is 4.79 Å². The van der Waals surface area contributed by atoms with Crippen LogP contribution in [-0.2, 0) is 11.3 Å². The van der Waals surface area contributed by atoms with Gasteiger partial charge in [0.05, 0.1) is 13.7 Å². The van der Waals surface area contributed by atoms with Crippen LogP contribution in [0.4, 0.5) is 0 Å². The van der Waals surface area contributed by atoms with Gasteiger partial charge in [-0.05, 0) is 11.6 Å². The van der Waals surface area contributed by atoms with E-state index >= 15 is 0 Å². The number of carbonyl (C=O) groups is 1. The highest BCUT2D eigenvalue weighted by molar-refractivity contribution is 5.77. The molecule has 1 amide bonds. The molecule has 0 bridgehead atoms. The van der Waals surface area contributed by atoms with Crippen molar-refractivity contribution in [2.45, 2.75) is 6.54 Å². The number of rotatable bonds is 7. The van der Waals surface area contributed by atoms with Crippen molar-refractivity contribution in [1.29, 1.82) is 0 Å². The first kappa shape index (κ1) is 13.2. The van der Waals surface area contributed by atoms with Crippen LogP contribution in [0.5, 0.6) is 5.88 Å².